The zero-order valence-corrected chi connectivity index (χ0v) is 17.2. The van der Waals surface area contributed by atoms with Gasteiger partial charge in [-0.15, -0.1) is 21.5 Å². The molecule has 0 aromatic carbocycles. The molecule has 2 aromatic heterocycles. The minimum atomic E-state index is -0.451. The lowest BCUT2D eigenvalue weighted by molar-refractivity contribution is -0.119. The van der Waals surface area contributed by atoms with Crippen molar-refractivity contribution in [1.82, 2.24) is 25.4 Å². The second kappa shape index (κ2) is 9.36. The highest BCUT2D eigenvalue weighted by Crippen LogP contribution is 2.29. The summed E-state index contributed by atoms with van der Waals surface area (Å²) < 4.78 is 1.99. The molecular formula is C18H25N5O2S2. The number of aromatic nitrogens is 3. The van der Waals surface area contributed by atoms with Crippen molar-refractivity contribution in [3.05, 3.63) is 17.5 Å². The lowest BCUT2D eigenvalue weighted by Crippen LogP contribution is -2.47. The molecule has 0 bridgehead atoms. The molecule has 9 heteroatoms. The number of hydrogen-bond donors (Lipinski definition) is 2. The van der Waals surface area contributed by atoms with Crippen LogP contribution in [0.5, 0.6) is 0 Å². The highest BCUT2D eigenvalue weighted by Gasteiger charge is 2.23. The molecule has 0 unspecified atom stereocenters. The molecular weight excluding hydrogens is 382 g/mol. The van der Waals surface area contributed by atoms with Gasteiger partial charge in [0.25, 0.3) is 0 Å². The largest absolute Gasteiger partial charge is 0.335 e. The monoisotopic (exact) mass is 407 g/mol. The minimum Gasteiger partial charge on any atom is -0.335 e. The Kier molecular flexibility index (Phi) is 6.89. The van der Waals surface area contributed by atoms with Crippen LogP contribution in [0.4, 0.5) is 4.79 Å². The number of hydrogen-bond acceptors (Lipinski definition) is 6. The second-order valence-electron chi connectivity index (χ2n) is 6.59. The van der Waals surface area contributed by atoms with E-state index in [4.69, 9.17) is 0 Å². The summed E-state index contributed by atoms with van der Waals surface area (Å²) in [7, 11) is 0. The van der Waals surface area contributed by atoms with Gasteiger partial charge in [-0.05, 0) is 38.1 Å². The first-order chi connectivity index (χ1) is 13.1. The number of nitrogens with zero attached hydrogens (tertiary/aromatic N) is 3. The Balaban J connectivity index is 1.57. The normalized spacial score (nSPS) is 16.1. The molecule has 1 atom stereocenters. The predicted octanol–water partition coefficient (Wildman–Crippen LogP) is 3.67. The number of thiophene rings is 1. The number of carbonyl (C=O) groups excluding carboxylic acids is 2. The second-order valence-corrected chi connectivity index (χ2v) is 8.84. The predicted molar refractivity (Wildman–Crippen MR) is 108 cm³/mol. The van der Waals surface area contributed by atoms with Crippen LogP contribution in [-0.4, -0.2) is 38.0 Å². The standard InChI is InChI=1S/C18H25N5O2S2/c1-3-23-15(14-10-7-11-26-14)21-22-18(23)27-12(2)16(24)20-17(25)19-13-8-5-4-6-9-13/h7,10-13H,3-6,8-9H2,1-2H3,(H2,19,20,24,25)/t12-/m0/s1. The Morgan fingerprint density at radius 2 is 2.11 bits per heavy atom. The molecule has 0 spiro atoms. The number of nitrogens with one attached hydrogen (secondary N) is 2. The van der Waals surface area contributed by atoms with Crippen LogP contribution in [0, 0.1) is 0 Å². The van der Waals surface area contributed by atoms with Gasteiger partial charge >= 0.3 is 6.03 Å². The third-order valence-corrected chi connectivity index (χ3v) is 6.55. The summed E-state index contributed by atoms with van der Waals surface area (Å²) in [4.78, 5) is 25.5. The van der Waals surface area contributed by atoms with Gasteiger partial charge in [0.2, 0.25) is 5.91 Å². The Morgan fingerprint density at radius 1 is 1.33 bits per heavy atom. The van der Waals surface area contributed by atoms with Gasteiger partial charge in [-0.1, -0.05) is 37.1 Å². The fourth-order valence-corrected chi connectivity index (χ4v) is 4.77. The summed E-state index contributed by atoms with van der Waals surface area (Å²) in [6, 6.07) is 3.74. The van der Waals surface area contributed by atoms with Crippen LogP contribution in [0.2, 0.25) is 0 Å². The average molecular weight is 408 g/mol. The first-order valence-corrected chi connectivity index (χ1v) is 11.1. The molecule has 2 N–H and O–H groups in total. The SMILES string of the molecule is CCn1c(S[C@@H](C)C(=O)NC(=O)NC2CCCCC2)nnc1-c1cccs1. The van der Waals surface area contributed by atoms with E-state index in [9.17, 15) is 9.59 Å². The van der Waals surface area contributed by atoms with Gasteiger partial charge in [0.1, 0.15) is 0 Å². The number of thioether (sulfide) groups is 1. The Morgan fingerprint density at radius 3 is 2.78 bits per heavy atom. The van der Waals surface area contributed by atoms with E-state index in [1.165, 1.54) is 18.2 Å². The molecule has 1 saturated carbocycles. The maximum Gasteiger partial charge on any atom is 0.321 e. The summed E-state index contributed by atoms with van der Waals surface area (Å²) in [6.07, 6.45) is 5.45. The van der Waals surface area contributed by atoms with Crippen LogP contribution in [0.25, 0.3) is 10.7 Å². The van der Waals surface area contributed by atoms with Crippen molar-refractivity contribution in [2.75, 3.05) is 0 Å². The maximum absolute atomic E-state index is 12.4. The van der Waals surface area contributed by atoms with Gasteiger partial charge < -0.3 is 9.88 Å². The van der Waals surface area contributed by atoms with E-state index in [1.807, 2.05) is 29.0 Å². The molecule has 0 radical (unpaired) electrons. The lowest BCUT2D eigenvalue weighted by atomic mass is 9.96. The Hall–Kier alpha value is -1.87. The van der Waals surface area contributed by atoms with E-state index in [-0.39, 0.29) is 11.9 Å². The Bertz CT molecular complexity index is 769. The van der Waals surface area contributed by atoms with Gasteiger partial charge in [-0.2, -0.15) is 0 Å². The zero-order valence-electron chi connectivity index (χ0n) is 15.6. The van der Waals surface area contributed by atoms with E-state index >= 15 is 0 Å². The molecule has 2 aromatic rings. The van der Waals surface area contributed by atoms with E-state index in [0.29, 0.717) is 11.7 Å². The van der Waals surface area contributed by atoms with Crippen LogP contribution in [0.1, 0.15) is 46.0 Å². The minimum absolute atomic E-state index is 0.172. The maximum atomic E-state index is 12.4. The lowest BCUT2D eigenvalue weighted by Gasteiger charge is -2.23. The van der Waals surface area contributed by atoms with Crippen LogP contribution < -0.4 is 10.6 Å². The van der Waals surface area contributed by atoms with Crippen molar-refractivity contribution >= 4 is 35.0 Å². The molecule has 3 amide bonds. The summed E-state index contributed by atoms with van der Waals surface area (Å²) in [5.74, 6) is 0.481. The summed E-state index contributed by atoms with van der Waals surface area (Å²) in [6.45, 7) is 4.50. The zero-order chi connectivity index (χ0) is 19.2. The quantitative estimate of drug-likeness (QED) is 0.713. The molecule has 1 fully saturated rings. The molecule has 0 aliphatic heterocycles. The summed E-state index contributed by atoms with van der Waals surface area (Å²) in [5.41, 5.74) is 0. The van der Waals surface area contributed by atoms with Crippen molar-refractivity contribution in [2.45, 2.75) is 68.9 Å². The van der Waals surface area contributed by atoms with Crippen LogP contribution >= 0.6 is 23.1 Å². The van der Waals surface area contributed by atoms with Gasteiger partial charge in [0, 0.05) is 12.6 Å². The summed E-state index contributed by atoms with van der Waals surface area (Å²) >= 11 is 2.92. The van der Waals surface area contributed by atoms with Crippen molar-refractivity contribution in [1.29, 1.82) is 0 Å². The average Bonchev–Trinajstić information content (AvgIpc) is 3.31. The fraction of sp³-hybridized carbons (Fsp3) is 0.556. The molecule has 1 aliphatic carbocycles. The first kappa shape index (κ1) is 19.9. The first-order valence-electron chi connectivity index (χ1n) is 9.33. The van der Waals surface area contributed by atoms with Gasteiger partial charge in [0.15, 0.2) is 11.0 Å². The van der Waals surface area contributed by atoms with Crippen molar-refractivity contribution < 1.29 is 9.59 Å². The van der Waals surface area contributed by atoms with Crippen molar-refractivity contribution in [3.8, 4) is 10.7 Å². The van der Waals surface area contributed by atoms with Crippen molar-refractivity contribution in [2.24, 2.45) is 0 Å². The fourth-order valence-electron chi connectivity index (χ4n) is 3.14. The van der Waals surface area contributed by atoms with Crippen LogP contribution in [0.3, 0.4) is 0 Å². The van der Waals surface area contributed by atoms with Crippen LogP contribution in [-0.2, 0) is 11.3 Å². The topological polar surface area (TPSA) is 88.9 Å². The van der Waals surface area contributed by atoms with Crippen LogP contribution in [0.15, 0.2) is 22.7 Å². The number of carbonyl (C=O) groups is 2. The smallest absolute Gasteiger partial charge is 0.321 e. The Labute approximate surface area is 167 Å². The number of imide groups is 1. The number of amides is 3. The molecule has 1 aliphatic rings. The van der Waals surface area contributed by atoms with Crippen molar-refractivity contribution in [3.63, 3.8) is 0 Å². The number of urea groups is 1. The van der Waals surface area contributed by atoms with E-state index in [1.54, 1.807) is 18.3 Å². The molecule has 146 valence electrons. The highest BCUT2D eigenvalue weighted by atomic mass is 32.2. The highest BCUT2D eigenvalue weighted by molar-refractivity contribution is 8.00. The van der Waals surface area contributed by atoms with E-state index in [2.05, 4.69) is 20.8 Å². The number of rotatable bonds is 6. The van der Waals surface area contributed by atoms with E-state index < -0.39 is 11.3 Å². The summed E-state index contributed by atoms with van der Waals surface area (Å²) in [5, 5.41) is 16.1. The third-order valence-electron chi connectivity index (χ3n) is 4.60. The van der Waals surface area contributed by atoms with E-state index in [0.717, 1.165) is 36.4 Å². The molecule has 2 heterocycles. The molecule has 0 saturated heterocycles. The third kappa shape index (κ3) is 5.10. The molecule has 27 heavy (non-hydrogen) atoms. The van der Waals surface area contributed by atoms with Gasteiger partial charge in [0.05, 0.1) is 10.1 Å². The molecule has 3 rings (SSSR count). The van der Waals surface area contributed by atoms with Gasteiger partial charge in [-0.25, -0.2) is 4.79 Å². The molecule has 7 nitrogen and oxygen atoms in total. The van der Waals surface area contributed by atoms with Gasteiger partial charge in [-0.3, -0.25) is 10.1 Å².